The van der Waals surface area contributed by atoms with Crippen LogP contribution in [0.15, 0.2) is 35.3 Å². The Kier molecular flexibility index (Phi) is 2.41. The Hall–Kier alpha value is -1.84. The molecular weight excluding hydrogens is 195 g/mol. The van der Waals surface area contributed by atoms with Gasteiger partial charge < -0.3 is 4.98 Å². The van der Waals surface area contributed by atoms with Crippen molar-refractivity contribution in [3.63, 3.8) is 0 Å². The van der Waals surface area contributed by atoms with Gasteiger partial charge >= 0.3 is 5.69 Å². The molecule has 0 saturated carbocycles. The summed E-state index contributed by atoms with van der Waals surface area (Å²) >= 11 is 0. The average Bonchev–Trinajstić information content (AvgIpc) is 2.59. The molecule has 78 valence electrons. The van der Waals surface area contributed by atoms with E-state index in [1.807, 2.05) is 6.92 Å². The predicted octanol–water partition coefficient (Wildman–Crippen LogP) is 1.94. The Balaban J connectivity index is 2.59. The average molecular weight is 206 g/mol. The summed E-state index contributed by atoms with van der Waals surface area (Å²) in [6, 6.07) is 6.88. The smallest absolute Gasteiger partial charge is 0.312 e. The van der Waals surface area contributed by atoms with Crippen LogP contribution in [-0.2, 0) is 6.67 Å². The molecule has 2 rings (SSSR count). The Labute approximate surface area is 86.2 Å². The molecule has 0 saturated heterocycles. The summed E-state index contributed by atoms with van der Waals surface area (Å²) in [5.74, 6) is 0. The number of benzene rings is 1. The Bertz CT molecular complexity index is 527. The molecule has 0 aliphatic carbocycles. The van der Waals surface area contributed by atoms with Gasteiger partial charge in [0.05, 0.1) is 5.69 Å². The molecule has 0 aliphatic rings. The van der Waals surface area contributed by atoms with Crippen LogP contribution >= 0.6 is 0 Å². The van der Waals surface area contributed by atoms with Crippen molar-refractivity contribution in [1.82, 2.24) is 9.55 Å². The Morgan fingerprint density at radius 3 is 2.87 bits per heavy atom. The highest BCUT2D eigenvalue weighted by atomic mass is 19.1. The molecule has 0 radical (unpaired) electrons. The largest absolute Gasteiger partial charge is 0.330 e. The number of hydrogen-bond donors (Lipinski definition) is 1. The van der Waals surface area contributed by atoms with Crippen molar-refractivity contribution >= 4 is 0 Å². The van der Waals surface area contributed by atoms with Gasteiger partial charge in [-0.2, -0.15) is 0 Å². The SMILES string of the molecule is Cc1c[nH]c(=O)n1-c1cccc(CF)c1. The van der Waals surface area contributed by atoms with Crippen LogP contribution in [0.3, 0.4) is 0 Å². The standard InChI is InChI=1S/C11H11FN2O/c1-8-7-13-11(15)14(8)10-4-2-3-9(5-10)6-12/h2-5,7H,6H2,1H3,(H,13,15). The van der Waals surface area contributed by atoms with Crippen molar-refractivity contribution in [3.05, 3.63) is 52.2 Å². The molecule has 1 aromatic carbocycles. The molecule has 0 unspecified atom stereocenters. The second-order valence-corrected chi connectivity index (χ2v) is 3.37. The molecule has 0 bridgehead atoms. The van der Waals surface area contributed by atoms with E-state index < -0.39 is 6.67 Å². The lowest BCUT2D eigenvalue weighted by atomic mass is 10.2. The third kappa shape index (κ3) is 1.70. The zero-order chi connectivity index (χ0) is 10.8. The zero-order valence-electron chi connectivity index (χ0n) is 8.33. The van der Waals surface area contributed by atoms with E-state index in [2.05, 4.69) is 4.98 Å². The number of aromatic amines is 1. The van der Waals surface area contributed by atoms with E-state index in [0.717, 1.165) is 5.69 Å². The molecule has 4 heteroatoms. The maximum absolute atomic E-state index is 12.5. The maximum atomic E-state index is 12.5. The Morgan fingerprint density at radius 2 is 2.27 bits per heavy atom. The van der Waals surface area contributed by atoms with Crippen LogP contribution in [0.25, 0.3) is 5.69 Å². The van der Waals surface area contributed by atoms with Gasteiger partial charge in [0.2, 0.25) is 0 Å². The highest BCUT2D eigenvalue weighted by Crippen LogP contribution is 2.11. The van der Waals surface area contributed by atoms with Crippen LogP contribution in [-0.4, -0.2) is 9.55 Å². The van der Waals surface area contributed by atoms with Crippen LogP contribution in [0.5, 0.6) is 0 Å². The summed E-state index contributed by atoms with van der Waals surface area (Å²) in [4.78, 5) is 14.0. The van der Waals surface area contributed by atoms with Crippen LogP contribution in [0.4, 0.5) is 4.39 Å². The Morgan fingerprint density at radius 1 is 1.47 bits per heavy atom. The molecule has 0 aliphatic heterocycles. The number of halogens is 1. The van der Waals surface area contributed by atoms with E-state index in [9.17, 15) is 9.18 Å². The second-order valence-electron chi connectivity index (χ2n) is 3.37. The summed E-state index contributed by atoms with van der Waals surface area (Å²) in [5, 5.41) is 0. The number of aromatic nitrogens is 2. The van der Waals surface area contributed by atoms with Gasteiger partial charge in [-0.15, -0.1) is 0 Å². The van der Waals surface area contributed by atoms with Crippen molar-refractivity contribution in [2.24, 2.45) is 0 Å². The van der Waals surface area contributed by atoms with Crippen molar-refractivity contribution in [3.8, 4) is 5.69 Å². The molecule has 0 amide bonds. The lowest BCUT2D eigenvalue weighted by Gasteiger charge is -2.04. The van der Waals surface area contributed by atoms with Crippen molar-refractivity contribution < 1.29 is 4.39 Å². The highest BCUT2D eigenvalue weighted by molar-refractivity contribution is 5.37. The first kappa shape index (κ1) is 9.71. The molecular formula is C11H11FN2O. The number of rotatable bonds is 2. The molecule has 15 heavy (non-hydrogen) atoms. The van der Waals surface area contributed by atoms with Gasteiger partial charge in [0.15, 0.2) is 0 Å². The highest BCUT2D eigenvalue weighted by Gasteiger charge is 2.04. The van der Waals surface area contributed by atoms with Gasteiger partial charge in [0.1, 0.15) is 6.67 Å². The fraction of sp³-hybridized carbons (Fsp3) is 0.182. The van der Waals surface area contributed by atoms with E-state index in [0.29, 0.717) is 11.3 Å². The third-order valence-corrected chi connectivity index (χ3v) is 2.28. The minimum Gasteiger partial charge on any atom is -0.312 e. The van der Waals surface area contributed by atoms with Gasteiger partial charge in [-0.25, -0.2) is 9.18 Å². The van der Waals surface area contributed by atoms with Crippen LogP contribution in [0, 0.1) is 6.92 Å². The zero-order valence-corrected chi connectivity index (χ0v) is 8.33. The number of H-pyrrole nitrogens is 1. The van der Waals surface area contributed by atoms with Crippen LogP contribution < -0.4 is 5.69 Å². The van der Waals surface area contributed by atoms with Gasteiger partial charge in [-0.3, -0.25) is 4.57 Å². The quantitative estimate of drug-likeness (QED) is 0.801. The fourth-order valence-corrected chi connectivity index (χ4v) is 1.56. The number of nitrogens with zero attached hydrogens (tertiary/aromatic N) is 1. The van der Waals surface area contributed by atoms with Gasteiger partial charge in [-0.05, 0) is 24.6 Å². The van der Waals surface area contributed by atoms with E-state index in [-0.39, 0.29) is 5.69 Å². The molecule has 1 N–H and O–H groups in total. The second kappa shape index (κ2) is 3.73. The topological polar surface area (TPSA) is 37.8 Å². The normalized spacial score (nSPS) is 10.5. The lowest BCUT2D eigenvalue weighted by molar-refractivity contribution is 0.485. The maximum Gasteiger partial charge on any atom is 0.330 e. The third-order valence-electron chi connectivity index (χ3n) is 2.28. The minimum atomic E-state index is -0.522. The lowest BCUT2D eigenvalue weighted by Crippen LogP contribution is -2.15. The first-order valence-corrected chi connectivity index (χ1v) is 4.64. The summed E-state index contributed by atoms with van der Waals surface area (Å²) in [5.41, 5.74) is 1.86. The van der Waals surface area contributed by atoms with E-state index in [4.69, 9.17) is 0 Å². The summed E-state index contributed by atoms with van der Waals surface area (Å²) in [6.07, 6.45) is 1.63. The predicted molar refractivity (Wildman–Crippen MR) is 55.9 cm³/mol. The first-order valence-electron chi connectivity index (χ1n) is 4.64. The summed E-state index contributed by atoms with van der Waals surface area (Å²) < 4.78 is 14.0. The fourth-order valence-electron chi connectivity index (χ4n) is 1.56. The summed E-state index contributed by atoms with van der Waals surface area (Å²) in [6.45, 7) is 1.30. The molecule has 2 aromatic rings. The van der Waals surface area contributed by atoms with Crippen LogP contribution in [0.2, 0.25) is 0 Å². The molecule has 1 heterocycles. The first-order chi connectivity index (χ1) is 7.22. The van der Waals surface area contributed by atoms with Gasteiger partial charge in [0, 0.05) is 11.9 Å². The van der Waals surface area contributed by atoms with Crippen LogP contribution in [0.1, 0.15) is 11.3 Å². The molecule has 0 spiro atoms. The minimum absolute atomic E-state index is 0.205. The van der Waals surface area contributed by atoms with E-state index in [1.54, 1.807) is 30.5 Å². The van der Waals surface area contributed by atoms with Crippen molar-refractivity contribution in [1.29, 1.82) is 0 Å². The molecule has 3 nitrogen and oxygen atoms in total. The van der Waals surface area contributed by atoms with E-state index >= 15 is 0 Å². The molecule has 1 aromatic heterocycles. The number of imidazole rings is 1. The number of alkyl halides is 1. The van der Waals surface area contributed by atoms with Gasteiger partial charge in [0.25, 0.3) is 0 Å². The number of nitrogens with one attached hydrogen (secondary N) is 1. The monoisotopic (exact) mass is 206 g/mol. The number of aryl methyl sites for hydroxylation is 1. The number of hydrogen-bond acceptors (Lipinski definition) is 1. The summed E-state index contributed by atoms with van der Waals surface area (Å²) in [7, 11) is 0. The van der Waals surface area contributed by atoms with E-state index in [1.165, 1.54) is 4.57 Å². The van der Waals surface area contributed by atoms with Crippen molar-refractivity contribution in [2.75, 3.05) is 0 Å². The molecule has 0 fully saturated rings. The van der Waals surface area contributed by atoms with Crippen molar-refractivity contribution in [2.45, 2.75) is 13.6 Å². The van der Waals surface area contributed by atoms with Gasteiger partial charge in [-0.1, -0.05) is 12.1 Å². The molecule has 0 atom stereocenters.